The smallest absolute Gasteiger partial charge is 0.157 e. The number of nitrogens with one attached hydrogen (secondary N) is 1. The van der Waals surface area contributed by atoms with E-state index >= 15 is 0 Å². The van der Waals surface area contributed by atoms with Crippen molar-refractivity contribution in [3.63, 3.8) is 0 Å². The first-order valence-electron chi connectivity index (χ1n) is 12.8. The Kier molecular flexibility index (Phi) is 4.54. The van der Waals surface area contributed by atoms with Crippen molar-refractivity contribution in [3.8, 4) is 28.1 Å². The lowest BCUT2D eigenvalue weighted by atomic mass is 9.67. The molecule has 35 heavy (non-hydrogen) atoms. The van der Waals surface area contributed by atoms with Crippen molar-refractivity contribution in [2.45, 2.75) is 57.9 Å². The van der Waals surface area contributed by atoms with Crippen LogP contribution in [0.3, 0.4) is 0 Å². The molecule has 7 rings (SSSR count). The monoisotopic (exact) mass is 469 g/mol. The summed E-state index contributed by atoms with van der Waals surface area (Å²) in [5.74, 6) is 5.11. The van der Waals surface area contributed by atoms with Crippen LogP contribution in [0.1, 0.15) is 50.0 Å². The van der Waals surface area contributed by atoms with Crippen molar-refractivity contribution in [2.24, 2.45) is 17.8 Å². The fourth-order valence-electron chi connectivity index (χ4n) is 7.53. The quantitative estimate of drug-likeness (QED) is 0.383. The Balaban J connectivity index is 1.36. The highest BCUT2D eigenvalue weighted by atomic mass is 16.5. The van der Waals surface area contributed by atoms with Gasteiger partial charge in [0.2, 0.25) is 0 Å². The number of rotatable bonds is 5. The van der Waals surface area contributed by atoms with Crippen molar-refractivity contribution >= 4 is 11.5 Å². The molecular weight excluding hydrogens is 438 g/mol. The summed E-state index contributed by atoms with van der Waals surface area (Å²) >= 11 is 0. The maximum Gasteiger partial charge on any atom is 0.157 e. The summed E-state index contributed by atoms with van der Waals surface area (Å²) in [7, 11) is 1.72. The third kappa shape index (κ3) is 3.13. The van der Waals surface area contributed by atoms with Crippen molar-refractivity contribution in [1.82, 2.24) is 19.5 Å². The summed E-state index contributed by atoms with van der Waals surface area (Å²) in [4.78, 5) is 9.39. The molecule has 3 saturated carbocycles. The van der Waals surface area contributed by atoms with E-state index in [2.05, 4.69) is 38.1 Å². The fraction of sp³-hybridized carbons (Fsp3) is 0.464. The predicted octanol–water partition coefficient (Wildman–Crippen LogP) is 6.06. The molecular formula is C28H31N5O2. The molecule has 1 aromatic carbocycles. The van der Waals surface area contributed by atoms with Gasteiger partial charge in [-0.2, -0.15) is 0 Å². The van der Waals surface area contributed by atoms with Crippen LogP contribution in [0.5, 0.6) is 5.75 Å². The van der Waals surface area contributed by atoms with Gasteiger partial charge in [-0.1, -0.05) is 11.2 Å². The first-order chi connectivity index (χ1) is 17.0. The van der Waals surface area contributed by atoms with Gasteiger partial charge in [-0.05, 0) is 87.8 Å². The molecule has 180 valence electrons. The van der Waals surface area contributed by atoms with Crippen molar-refractivity contribution in [3.05, 3.63) is 48.2 Å². The Morgan fingerprint density at radius 1 is 1.14 bits per heavy atom. The number of fused-ring (bicyclic) bond motifs is 3. The van der Waals surface area contributed by atoms with Gasteiger partial charge in [0.25, 0.3) is 0 Å². The van der Waals surface area contributed by atoms with E-state index in [1.807, 2.05) is 32.4 Å². The minimum atomic E-state index is 0.170. The number of anilines is 1. The first kappa shape index (κ1) is 21.0. The van der Waals surface area contributed by atoms with Gasteiger partial charge in [0.05, 0.1) is 19.0 Å². The lowest BCUT2D eigenvalue weighted by Gasteiger charge is -2.46. The van der Waals surface area contributed by atoms with Gasteiger partial charge >= 0.3 is 0 Å². The van der Waals surface area contributed by atoms with Gasteiger partial charge in [-0.3, -0.25) is 9.38 Å². The van der Waals surface area contributed by atoms with E-state index in [0.29, 0.717) is 0 Å². The SMILES string of the molecule is COc1cc(-c2c(C)noc2C)ccc1-c1nc2cnccn2c1NC12CC3CCC1CC(C3)C2. The Labute approximate surface area is 204 Å². The third-order valence-corrected chi connectivity index (χ3v) is 8.87. The predicted molar refractivity (Wildman–Crippen MR) is 134 cm³/mol. The molecule has 3 aliphatic rings. The number of aryl methyl sites for hydroxylation is 2. The van der Waals surface area contributed by atoms with Crippen LogP contribution in [0.4, 0.5) is 5.82 Å². The van der Waals surface area contributed by atoms with Crippen LogP contribution < -0.4 is 10.1 Å². The summed E-state index contributed by atoms with van der Waals surface area (Å²) in [5, 5.41) is 8.24. The zero-order chi connectivity index (χ0) is 23.7. The minimum absolute atomic E-state index is 0.170. The van der Waals surface area contributed by atoms with E-state index in [0.717, 1.165) is 68.8 Å². The average molecular weight is 470 g/mol. The molecule has 0 radical (unpaired) electrons. The molecule has 4 atom stereocenters. The van der Waals surface area contributed by atoms with E-state index in [-0.39, 0.29) is 5.54 Å². The van der Waals surface area contributed by atoms with Gasteiger partial charge in [-0.15, -0.1) is 0 Å². The largest absolute Gasteiger partial charge is 0.496 e. The maximum absolute atomic E-state index is 5.92. The standard InChI is InChI=1S/C28H31N5O2/c1-16-25(17(2)35-32-16)20-5-7-22(23(12-20)34-3)26-27(33-9-8-29-15-24(33)30-26)31-28-13-18-4-6-21(28)11-19(10-18)14-28/h5,7-9,12,15,18-19,21,31H,4,6,10-11,13-14H2,1-3H3. The fourth-order valence-corrected chi connectivity index (χ4v) is 7.53. The zero-order valence-corrected chi connectivity index (χ0v) is 20.5. The molecule has 4 unspecified atom stereocenters. The summed E-state index contributed by atoms with van der Waals surface area (Å²) in [6, 6.07) is 6.30. The average Bonchev–Trinajstić information content (AvgIpc) is 3.43. The molecule has 0 aliphatic heterocycles. The second-order valence-electron chi connectivity index (χ2n) is 10.9. The van der Waals surface area contributed by atoms with E-state index in [1.165, 1.54) is 38.5 Å². The summed E-state index contributed by atoms with van der Waals surface area (Å²) in [6.07, 6.45) is 13.8. The Bertz CT molecular complexity index is 1420. The van der Waals surface area contributed by atoms with Crippen LogP contribution in [0.2, 0.25) is 0 Å². The lowest BCUT2D eigenvalue weighted by Crippen LogP contribution is -2.48. The molecule has 4 aromatic rings. The van der Waals surface area contributed by atoms with Gasteiger partial charge in [-0.25, -0.2) is 4.98 Å². The maximum atomic E-state index is 5.92. The van der Waals surface area contributed by atoms with E-state index in [9.17, 15) is 0 Å². The van der Waals surface area contributed by atoms with Crippen LogP contribution >= 0.6 is 0 Å². The number of hydrogen-bond acceptors (Lipinski definition) is 6. The molecule has 0 amide bonds. The molecule has 1 N–H and O–H groups in total. The number of aromatic nitrogens is 4. The van der Waals surface area contributed by atoms with Crippen LogP contribution in [-0.2, 0) is 0 Å². The van der Waals surface area contributed by atoms with Crippen LogP contribution in [0.15, 0.2) is 41.3 Å². The second-order valence-corrected chi connectivity index (χ2v) is 10.9. The third-order valence-electron chi connectivity index (χ3n) is 8.87. The molecule has 0 spiro atoms. The summed E-state index contributed by atoms with van der Waals surface area (Å²) in [6.45, 7) is 3.91. The molecule has 3 bridgehead atoms. The van der Waals surface area contributed by atoms with Crippen LogP contribution in [0, 0.1) is 31.6 Å². The summed E-state index contributed by atoms with van der Waals surface area (Å²) < 4.78 is 13.5. The molecule has 0 saturated heterocycles. The molecule has 3 heterocycles. The molecule has 3 aliphatic carbocycles. The van der Waals surface area contributed by atoms with E-state index in [1.54, 1.807) is 7.11 Å². The lowest BCUT2D eigenvalue weighted by molar-refractivity contribution is 0.158. The van der Waals surface area contributed by atoms with Crippen molar-refractivity contribution in [2.75, 3.05) is 12.4 Å². The highest BCUT2D eigenvalue weighted by Crippen LogP contribution is 2.59. The molecule has 7 heteroatoms. The van der Waals surface area contributed by atoms with Gasteiger partial charge in [0, 0.05) is 29.1 Å². The molecule has 3 fully saturated rings. The number of methoxy groups -OCH3 is 1. The van der Waals surface area contributed by atoms with Gasteiger partial charge in [0.1, 0.15) is 23.0 Å². The first-order valence-corrected chi connectivity index (χ1v) is 12.8. The topological polar surface area (TPSA) is 77.5 Å². The Hall–Kier alpha value is -3.35. The van der Waals surface area contributed by atoms with Crippen LogP contribution in [0.25, 0.3) is 28.0 Å². The molecule has 3 aromatic heterocycles. The van der Waals surface area contributed by atoms with Gasteiger partial charge in [0.15, 0.2) is 5.65 Å². The highest BCUT2D eigenvalue weighted by molar-refractivity contribution is 5.83. The van der Waals surface area contributed by atoms with Gasteiger partial charge < -0.3 is 14.6 Å². The van der Waals surface area contributed by atoms with E-state index < -0.39 is 0 Å². The zero-order valence-electron chi connectivity index (χ0n) is 20.5. The number of hydrogen-bond donors (Lipinski definition) is 1. The highest BCUT2D eigenvalue weighted by Gasteiger charge is 2.55. The number of nitrogens with zero attached hydrogens (tertiary/aromatic N) is 4. The number of ether oxygens (including phenoxy) is 1. The molecule has 7 nitrogen and oxygen atoms in total. The Morgan fingerprint density at radius 2 is 2.03 bits per heavy atom. The normalized spacial score (nSPS) is 27.0. The second kappa shape index (κ2) is 7.57. The van der Waals surface area contributed by atoms with Crippen molar-refractivity contribution < 1.29 is 9.26 Å². The number of imidazole rings is 1. The van der Waals surface area contributed by atoms with Crippen molar-refractivity contribution in [1.29, 1.82) is 0 Å². The number of benzene rings is 1. The minimum Gasteiger partial charge on any atom is -0.496 e. The Morgan fingerprint density at radius 3 is 2.86 bits per heavy atom. The van der Waals surface area contributed by atoms with E-state index in [4.69, 9.17) is 14.2 Å². The summed E-state index contributed by atoms with van der Waals surface area (Å²) in [5.41, 5.74) is 5.82. The van der Waals surface area contributed by atoms with Crippen LogP contribution in [-0.4, -0.2) is 32.2 Å².